The Kier molecular flexibility index (Phi) is 6.04. The number of rotatable bonds is 5. The summed E-state index contributed by atoms with van der Waals surface area (Å²) in [5.74, 6) is -2.67. The van der Waals surface area contributed by atoms with Crippen LogP contribution in [-0.4, -0.2) is 35.9 Å². The monoisotopic (exact) mass is 521 g/mol. The summed E-state index contributed by atoms with van der Waals surface area (Å²) in [6.07, 6.45) is -1.14. The summed E-state index contributed by atoms with van der Waals surface area (Å²) < 4.78 is 4.93. The number of amides is 2. The van der Waals surface area contributed by atoms with Crippen LogP contribution in [-0.2, 0) is 19.2 Å². The number of methoxy groups -OCH3 is 1. The number of benzene rings is 2. The Balaban J connectivity index is 1.62. The van der Waals surface area contributed by atoms with Crippen LogP contribution >= 0.6 is 11.3 Å². The molecule has 3 unspecified atom stereocenters. The van der Waals surface area contributed by atoms with E-state index < -0.39 is 40.8 Å². The molecule has 0 bridgehead atoms. The first-order valence-electron chi connectivity index (χ1n) is 11.5. The van der Waals surface area contributed by atoms with E-state index in [-0.39, 0.29) is 16.3 Å². The van der Waals surface area contributed by atoms with E-state index in [9.17, 15) is 24.5 Å². The third kappa shape index (κ3) is 3.78. The lowest BCUT2D eigenvalue weighted by atomic mass is 9.90. The summed E-state index contributed by atoms with van der Waals surface area (Å²) >= 11 is 1.17. The fourth-order valence-electron chi connectivity index (χ4n) is 4.88. The number of nitro benzene ring substituents is 1. The van der Waals surface area contributed by atoms with E-state index in [1.54, 1.807) is 31.0 Å². The van der Waals surface area contributed by atoms with Crippen molar-refractivity contribution in [3.05, 3.63) is 85.8 Å². The van der Waals surface area contributed by atoms with Gasteiger partial charge >= 0.3 is 5.97 Å². The molecule has 37 heavy (non-hydrogen) atoms. The Hall–Kier alpha value is -4.09. The van der Waals surface area contributed by atoms with Gasteiger partial charge in [0.15, 0.2) is 6.10 Å². The van der Waals surface area contributed by atoms with Crippen molar-refractivity contribution in [2.75, 3.05) is 17.1 Å². The van der Waals surface area contributed by atoms with Crippen molar-refractivity contribution in [2.45, 2.75) is 32.9 Å². The molecule has 0 aliphatic carbocycles. The predicted molar refractivity (Wildman–Crippen MR) is 135 cm³/mol. The number of esters is 1. The van der Waals surface area contributed by atoms with Gasteiger partial charge in [-0.05, 0) is 43.5 Å². The van der Waals surface area contributed by atoms with E-state index in [1.165, 1.54) is 30.6 Å². The van der Waals surface area contributed by atoms with Crippen LogP contribution in [0.15, 0.2) is 48.5 Å². The Morgan fingerprint density at radius 1 is 1.05 bits per heavy atom. The van der Waals surface area contributed by atoms with Gasteiger partial charge in [0.2, 0.25) is 5.91 Å². The molecule has 2 aliphatic heterocycles. The topological polar surface area (TPSA) is 119 Å². The van der Waals surface area contributed by atoms with Gasteiger partial charge < -0.3 is 4.74 Å². The van der Waals surface area contributed by atoms with Crippen LogP contribution in [0.25, 0.3) is 0 Å². The first-order valence-corrected chi connectivity index (χ1v) is 12.3. The van der Waals surface area contributed by atoms with E-state index in [1.807, 2.05) is 31.2 Å². The maximum absolute atomic E-state index is 13.9. The number of nitrogens with zero attached hydrogens (tertiary/aromatic N) is 3. The van der Waals surface area contributed by atoms with Crippen molar-refractivity contribution in [1.82, 2.24) is 0 Å². The quantitative estimate of drug-likeness (QED) is 0.210. The van der Waals surface area contributed by atoms with Crippen LogP contribution in [0.4, 0.5) is 16.4 Å². The molecule has 0 N–H and O–H groups in total. The number of hydroxylamine groups is 1. The van der Waals surface area contributed by atoms with Gasteiger partial charge in [0.1, 0.15) is 10.9 Å². The minimum atomic E-state index is -1.14. The summed E-state index contributed by atoms with van der Waals surface area (Å²) in [5, 5.41) is 13.0. The minimum Gasteiger partial charge on any atom is -0.465 e. The number of hydrogen-bond donors (Lipinski definition) is 0. The molecule has 2 fully saturated rings. The number of imide groups is 1. The molecule has 0 spiro atoms. The third-order valence-electron chi connectivity index (χ3n) is 6.87. The smallest absolute Gasteiger partial charge is 0.341 e. The van der Waals surface area contributed by atoms with Gasteiger partial charge in [0.25, 0.3) is 11.6 Å². The van der Waals surface area contributed by atoms with Crippen LogP contribution in [0.3, 0.4) is 0 Å². The van der Waals surface area contributed by atoms with Crippen molar-refractivity contribution >= 4 is 45.5 Å². The summed E-state index contributed by atoms with van der Waals surface area (Å²) in [7, 11) is 1.24. The molecule has 190 valence electrons. The van der Waals surface area contributed by atoms with E-state index in [2.05, 4.69) is 0 Å². The predicted octanol–water partition coefficient (Wildman–Crippen LogP) is 4.42. The van der Waals surface area contributed by atoms with Crippen molar-refractivity contribution in [3.8, 4) is 0 Å². The fraction of sp³-hybridized carbons (Fsp3) is 0.269. The zero-order valence-electron chi connectivity index (χ0n) is 20.5. The lowest BCUT2D eigenvalue weighted by molar-refractivity contribution is -0.384. The molecule has 2 saturated heterocycles. The molecule has 11 heteroatoms. The number of non-ortho nitro benzene ring substituents is 1. The summed E-state index contributed by atoms with van der Waals surface area (Å²) in [6, 6.07) is 12.5. The number of thiophene rings is 1. The highest BCUT2D eigenvalue weighted by atomic mass is 32.1. The highest BCUT2D eigenvalue weighted by Crippen LogP contribution is 2.50. The Bertz CT molecular complexity index is 1450. The SMILES string of the molecule is COC(=O)c1c(N2C(=O)C3ON(c4ccccc4C)C(c4ccc([N+](=O)[O-])cc4)C3C2=O)sc(C)c1C. The number of carbonyl (C=O) groups excluding carboxylic acids is 3. The van der Waals surface area contributed by atoms with Crippen molar-refractivity contribution in [1.29, 1.82) is 0 Å². The molecule has 5 rings (SSSR count). The highest BCUT2D eigenvalue weighted by molar-refractivity contribution is 7.17. The average Bonchev–Trinajstić information content (AvgIpc) is 3.49. The number of carbonyl (C=O) groups is 3. The number of anilines is 2. The maximum atomic E-state index is 13.9. The molecule has 2 amide bonds. The number of para-hydroxylation sites is 1. The van der Waals surface area contributed by atoms with E-state index in [0.717, 1.165) is 15.3 Å². The summed E-state index contributed by atoms with van der Waals surface area (Å²) in [4.78, 5) is 58.9. The molecule has 2 aliphatic rings. The number of aryl methyl sites for hydroxylation is 2. The number of ether oxygens (including phenoxy) is 1. The Morgan fingerprint density at radius 3 is 2.35 bits per heavy atom. The normalized spacial score (nSPS) is 20.9. The summed E-state index contributed by atoms with van der Waals surface area (Å²) in [5.41, 5.74) is 2.84. The van der Waals surface area contributed by atoms with Crippen LogP contribution < -0.4 is 9.96 Å². The van der Waals surface area contributed by atoms with E-state index >= 15 is 0 Å². The van der Waals surface area contributed by atoms with Crippen LogP contribution in [0.5, 0.6) is 0 Å². The van der Waals surface area contributed by atoms with Crippen LogP contribution in [0, 0.1) is 36.8 Å². The van der Waals surface area contributed by atoms with Crippen molar-refractivity contribution < 1.29 is 28.9 Å². The average molecular weight is 522 g/mol. The van der Waals surface area contributed by atoms with E-state index in [4.69, 9.17) is 9.57 Å². The van der Waals surface area contributed by atoms with Gasteiger partial charge in [-0.25, -0.2) is 14.8 Å². The van der Waals surface area contributed by atoms with E-state index in [0.29, 0.717) is 16.8 Å². The van der Waals surface area contributed by atoms with Gasteiger partial charge in [0, 0.05) is 17.0 Å². The lowest BCUT2D eigenvalue weighted by Gasteiger charge is -2.29. The second-order valence-electron chi connectivity index (χ2n) is 8.92. The minimum absolute atomic E-state index is 0.0932. The second kappa shape index (κ2) is 9.09. The zero-order valence-corrected chi connectivity index (χ0v) is 21.3. The number of fused-ring (bicyclic) bond motifs is 1. The molecular formula is C26H23N3O7S. The molecule has 1 aromatic heterocycles. The van der Waals surface area contributed by atoms with Gasteiger partial charge in [-0.1, -0.05) is 30.3 Å². The molecule has 3 heterocycles. The molecule has 3 atom stereocenters. The number of hydrogen-bond acceptors (Lipinski definition) is 9. The van der Waals surface area contributed by atoms with Gasteiger partial charge in [0.05, 0.1) is 29.3 Å². The molecular weight excluding hydrogens is 498 g/mol. The Morgan fingerprint density at radius 2 is 1.73 bits per heavy atom. The summed E-state index contributed by atoms with van der Waals surface area (Å²) in [6.45, 7) is 5.43. The zero-order chi connectivity index (χ0) is 26.6. The lowest BCUT2D eigenvalue weighted by Crippen LogP contribution is -2.37. The van der Waals surface area contributed by atoms with Gasteiger partial charge in [-0.3, -0.25) is 24.5 Å². The maximum Gasteiger partial charge on any atom is 0.341 e. The molecule has 10 nitrogen and oxygen atoms in total. The molecule has 0 radical (unpaired) electrons. The second-order valence-corrected chi connectivity index (χ2v) is 10.1. The molecule has 0 saturated carbocycles. The van der Waals surface area contributed by atoms with Crippen LogP contribution in [0.2, 0.25) is 0 Å². The van der Waals surface area contributed by atoms with Crippen molar-refractivity contribution in [3.63, 3.8) is 0 Å². The Labute approximate surface area is 216 Å². The van der Waals surface area contributed by atoms with Gasteiger partial charge in [-0.15, -0.1) is 11.3 Å². The largest absolute Gasteiger partial charge is 0.465 e. The standard InChI is InChI=1S/C26H23N3O7S/c1-13-7-5-6-8-18(13)28-21(16-9-11-17(12-10-16)29(33)34)20-22(36-28)24(31)27(23(20)30)25-19(26(32)35-4)14(2)15(3)37-25/h5-12,20-22H,1-4H3. The first-order chi connectivity index (χ1) is 17.6. The first kappa shape index (κ1) is 24.6. The molecule has 2 aromatic carbocycles. The highest BCUT2D eigenvalue weighted by Gasteiger charge is 2.61. The molecule has 3 aromatic rings. The number of nitro groups is 1. The third-order valence-corrected chi connectivity index (χ3v) is 8.07. The van der Waals surface area contributed by atoms with Crippen LogP contribution in [0.1, 0.15) is 38.0 Å². The van der Waals surface area contributed by atoms with Gasteiger partial charge in [-0.2, -0.15) is 0 Å². The fourth-order valence-corrected chi connectivity index (χ4v) is 6.03. The van der Waals surface area contributed by atoms with Crippen molar-refractivity contribution in [2.24, 2.45) is 5.92 Å².